The average Bonchev–Trinajstić information content (AvgIpc) is 2.78. The van der Waals surface area contributed by atoms with Crippen LogP contribution in [-0.2, 0) is 16.1 Å². The van der Waals surface area contributed by atoms with Gasteiger partial charge < -0.3 is 10.0 Å². The van der Waals surface area contributed by atoms with Crippen LogP contribution < -0.4 is 0 Å². The number of nitrogens with zero attached hydrogens (tertiary/aromatic N) is 1. The molecule has 1 rings (SSSR count). The second-order valence-corrected chi connectivity index (χ2v) is 9.54. The highest BCUT2D eigenvalue weighted by molar-refractivity contribution is 6.42. The third-order valence-electron chi connectivity index (χ3n) is 5.69. The van der Waals surface area contributed by atoms with Crippen molar-refractivity contribution in [1.82, 2.24) is 4.90 Å². The minimum atomic E-state index is -1.02. The SMILES string of the molecule is CCCCCCCCC=CCCCCCCCC(=O)N(CC(=O)O)Cc1ccc(Cl)c(Cl)c1. The van der Waals surface area contributed by atoms with Gasteiger partial charge in [-0.05, 0) is 49.8 Å². The summed E-state index contributed by atoms with van der Waals surface area (Å²) in [6.45, 7) is 2.15. The predicted molar refractivity (Wildman–Crippen MR) is 139 cm³/mol. The molecular formula is C27H41Cl2NO3. The lowest BCUT2D eigenvalue weighted by Crippen LogP contribution is -2.35. The summed E-state index contributed by atoms with van der Waals surface area (Å²) in [5, 5.41) is 10.00. The number of halogens is 2. The van der Waals surface area contributed by atoms with E-state index in [4.69, 9.17) is 28.3 Å². The van der Waals surface area contributed by atoms with E-state index in [1.165, 1.54) is 56.3 Å². The van der Waals surface area contributed by atoms with Gasteiger partial charge in [-0.25, -0.2) is 0 Å². The first-order valence-corrected chi connectivity index (χ1v) is 13.3. The fraction of sp³-hybridized carbons (Fsp3) is 0.630. The molecule has 0 radical (unpaired) electrons. The van der Waals surface area contributed by atoms with Gasteiger partial charge in [0.1, 0.15) is 6.54 Å². The molecule has 1 aromatic rings. The maximum Gasteiger partial charge on any atom is 0.323 e. The van der Waals surface area contributed by atoms with Crippen molar-refractivity contribution in [3.8, 4) is 0 Å². The zero-order chi connectivity index (χ0) is 24.3. The standard InChI is InChI=1S/C27H41Cl2NO3/c1-2-3-4-5-6-7-8-9-10-11-12-13-14-15-16-17-26(31)30(22-27(32)33)21-23-18-19-24(28)25(29)20-23/h9-10,18-20H,2-8,11-17,21-22H2,1H3,(H,32,33). The summed E-state index contributed by atoms with van der Waals surface area (Å²) in [5.74, 6) is -1.16. The smallest absolute Gasteiger partial charge is 0.323 e. The van der Waals surface area contributed by atoms with Gasteiger partial charge in [0, 0.05) is 13.0 Å². The molecule has 0 saturated carbocycles. The summed E-state index contributed by atoms with van der Waals surface area (Å²) in [7, 11) is 0. The molecule has 4 nitrogen and oxygen atoms in total. The Bertz CT molecular complexity index is 721. The number of hydrogen-bond acceptors (Lipinski definition) is 2. The summed E-state index contributed by atoms with van der Waals surface area (Å²) < 4.78 is 0. The number of amides is 1. The van der Waals surface area contributed by atoms with Crippen molar-refractivity contribution >= 4 is 35.1 Å². The van der Waals surface area contributed by atoms with Crippen molar-refractivity contribution < 1.29 is 14.7 Å². The van der Waals surface area contributed by atoms with E-state index in [9.17, 15) is 9.59 Å². The quantitative estimate of drug-likeness (QED) is 0.154. The van der Waals surface area contributed by atoms with Gasteiger partial charge in [-0.2, -0.15) is 0 Å². The highest BCUT2D eigenvalue weighted by Crippen LogP contribution is 2.23. The molecule has 186 valence electrons. The Morgan fingerprint density at radius 3 is 2.00 bits per heavy atom. The summed E-state index contributed by atoms with van der Waals surface area (Å²) in [6, 6.07) is 5.10. The van der Waals surface area contributed by atoms with Crippen molar-refractivity contribution in [2.45, 2.75) is 103 Å². The second kappa shape index (κ2) is 18.9. The van der Waals surface area contributed by atoms with Crippen molar-refractivity contribution in [3.05, 3.63) is 46.0 Å². The lowest BCUT2D eigenvalue weighted by Gasteiger charge is -2.21. The van der Waals surface area contributed by atoms with Crippen molar-refractivity contribution in [2.24, 2.45) is 0 Å². The lowest BCUT2D eigenvalue weighted by atomic mass is 10.1. The molecule has 0 aliphatic heterocycles. The van der Waals surface area contributed by atoms with E-state index < -0.39 is 5.97 Å². The van der Waals surface area contributed by atoms with Gasteiger partial charge in [-0.3, -0.25) is 9.59 Å². The summed E-state index contributed by atoms with van der Waals surface area (Å²) in [5.41, 5.74) is 0.767. The number of allylic oxidation sites excluding steroid dienone is 2. The molecule has 0 fully saturated rings. The molecule has 33 heavy (non-hydrogen) atoms. The van der Waals surface area contributed by atoms with E-state index in [0.717, 1.165) is 37.7 Å². The molecule has 0 saturated heterocycles. The van der Waals surface area contributed by atoms with Gasteiger partial charge in [0.2, 0.25) is 5.91 Å². The Morgan fingerprint density at radius 2 is 1.42 bits per heavy atom. The minimum Gasteiger partial charge on any atom is -0.480 e. The van der Waals surface area contributed by atoms with Gasteiger partial charge >= 0.3 is 5.97 Å². The van der Waals surface area contributed by atoms with Gasteiger partial charge in [0.05, 0.1) is 10.0 Å². The van der Waals surface area contributed by atoms with Crippen LogP contribution in [-0.4, -0.2) is 28.4 Å². The Kier molecular flexibility index (Phi) is 16.9. The summed E-state index contributed by atoms with van der Waals surface area (Å²) in [6.07, 6.45) is 20.6. The van der Waals surface area contributed by atoms with Gasteiger partial charge in [0.15, 0.2) is 0 Å². The first kappa shape index (κ1) is 29.5. The van der Waals surface area contributed by atoms with E-state index in [0.29, 0.717) is 16.5 Å². The Balaban J connectivity index is 2.16. The van der Waals surface area contributed by atoms with Crippen LogP contribution >= 0.6 is 23.2 Å². The highest BCUT2D eigenvalue weighted by Gasteiger charge is 2.17. The molecule has 0 aromatic heterocycles. The Labute approximate surface area is 210 Å². The number of carboxylic acid groups (broad SMARTS) is 1. The predicted octanol–water partition coefficient (Wildman–Crippen LogP) is 8.44. The van der Waals surface area contributed by atoms with E-state index in [1.54, 1.807) is 18.2 Å². The molecule has 6 heteroatoms. The van der Waals surface area contributed by atoms with E-state index in [2.05, 4.69) is 19.1 Å². The fourth-order valence-electron chi connectivity index (χ4n) is 3.76. The minimum absolute atomic E-state index is 0.138. The second-order valence-electron chi connectivity index (χ2n) is 8.73. The fourth-order valence-corrected chi connectivity index (χ4v) is 4.08. The first-order valence-electron chi connectivity index (χ1n) is 12.5. The van der Waals surface area contributed by atoms with E-state index in [1.807, 2.05) is 0 Å². The molecule has 0 aliphatic carbocycles. The summed E-state index contributed by atoms with van der Waals surface area (Å²) >= 11 is 12.0. The van der Waals surface area contributed by atoms with Gasteiger partial charge in [-0.15, -0.1) is 0 Å². The van der Waals surface area contributed by atoms with E-state index >= 15 is 0 Å². The number of benzene rings is 1. The molecule has 0 bridgehead atoms. The molecule has 0 aliphatic rings. The molecular weight excluding hydrogens is 457 g/mol. The Morgan fingerprint density at radius 1 is 0.848 bits per heavy atom. The Hall–Kier alpha value is -1.52. The number of rotatable bonds is 19. The van der Waals surface area contributed by atoms with Crippen LogP contribution in [0.15, 0.2) is 30.4 Å². The lowest BCUT2D eigenvalue weighted by molar-refractivity contribution is -0.145. The molecule has 0 heterocycles. The van der Waals surface area contributed by atoms with Crippen molar-refractivity contribution in [3.63, 3.8) is 0 Å². The number of carbonyl (C=O) groups is 2. The van der Waals surface area contributed by atoms with E-state index in [-0.39, 0.29) is 19.0 Å². The van der Waals surface area contributed by atoms with Crippen LogP contribution in [0.3, 0.4) is 0 Å². The molecule has 0 atom stereocenters. The topological polar surface area (TPSA) is 57.6 Å². The third kappa shape index (κ3) is 15.1. The molecule has 0 unspecified atom stereocenters. The van der Waals surface area contributed by atoms with Crippen LogP contribution in [0.2, 0.25) is 10.0 Å². The largest absolute Gasteiger partial charge is 0.480 e. The number of carbonyl (C=O) groups excluding carboxylic acids is 1. The van der Waals surface area contributed by atoms with Crippen molar-refractivity contribution in [1.29, 1.82) is 0 Å². The average molecular weight is 499 g/mol. The molecule has 1 aromatic carbocycles. The van der Waals surface area contributed by atoms with Crippen LogP contribution in [0.25, 0.3) is 0 Å². The van der Waals surface area contributed by atoms with Crippen molar-refractivity contribution in [2.75, 3.05) is 6.54 Å². The zero-order valence-electron chi connectivity index (χ0n) is 20.2. The first-order chi connectivity index (χ1) is 15.9. The summed E-state index contributed by atoms with van der Waals surface area (Å²) in [4.78, 5) is 25.1. The number of unbranched alkanes of at least 4 members (excludes halogenated alkanes) is 11. The van der Waals surface area contributed by atoms with Crippen LogP contribution in [0.5, 0.6) is 0 Å². The molecule has 1 amide bonds. The maximum absolute atomic E-state index is 12.6. The number of carboxylic acids is 1. The van der Waals surface area contributed by atoms with Gasteiger partial charge in [0.25, 0.3) is 0 Å². The van der Waals surface area contributed by atoms with Crippen LogP contribution in [0.4, 0.5) is 0 Å². The third-order valence-corrected chi connectivity index (χ3v) is 6.43. The van der Waals surface area contributed by atoms with Gasteiger partial charge in [-0.1, -0.05) is 99.7 Å². The number of aliphatic carboxylic acids is 1. The van der Waals surface area contributed by atoms with Crippen LogP contribution in [0.1, 0.15) is 102 Å². The normalized spacial score (nSPS) is 11.2. The maximum atomic E-state index is 12.6. The monoisotopic (exact) mass is 497 g/mol. The highest BCUT2D eigenvalue weighted by atomic mass is 35.5. The molecule has 1 N–H and O–H groups in total. The number of hydrogen-bond donors (Lipinski definition) is 1. The zero-order valence-corrected chi connectivity index (χ0v) is 21.7. The van der Waals surface area contributed by atoms with Crippen LogP contribution in [0, 0.1) is 0 Å². The molecule has 0 spiro atoms.